The van der Waals surface area contributed by atoms with Crippen molar-refractivity contribution in [1.29, 1.82) is 0 Å². The molecule has 1 aromatic heterocycles. The summed E-state index contributed by atoms with van der Waals surface area (Å²) in [6, 6.07) is 4.30. The van der Waals surface area contributed by atoms with Crippen molar-refractivity contribution in [3.63, 3.8) is 0 Å². The summed E-state index contributed by atoms with van der Waals surface area (Å²) in [6.45, 7) is 1.74. The summed E-state index contributed by atoms with van der Waals surface area (Å²) in [4.78, 5) is 15.0. The van der Waals surface area contributed by atoms with Crippen molar-refractivity contribution in [2.45, 2.75) is 43.7 Å². The van der Waals surface area contributed by atoms with Crippen molar-refractivity contribution < 1.29 is 9.53 Å². The fraction of sp³-hybridized carbons (Fsp3) is 0.688. The predicted molar refractivity (Wildman–Crippen MR) is 80.7 cm³/mol. The Morgan fingerprint density at radius 2 is 2.29 bits per heavy atom. The molecule has 1 aromatic rings. The largest absolute Gasteiger partial charge is 0.379 e. The van der Waals surface area contributed by atoms with Crippen molar-refractivity contribution in [2.75, 3.05) is 19.8 Å². The van der Waals surface area contributed by atoms with Gasteiger partial charge in [0.1, 0.15) is 5.54 Å². The van der Waals surface area contributed by atoms with Crippen LogP contribution >= 0.6 is 0 Å². The average molecular weight is 291 g/mol. The van der Waals surface area contributed by atoms with Crippen LogP contribution in [0, 0.1) is 0 Å². The number of ether oxygens (including phenoxy) is 1. The van der Waals surface area contributed by atoms with E-state index < -0.39 is 5.54 Å². The average Bonchev–Trinajstić information content (AvgIpc) is 3.02. The first-order chi connectivity index (χ1) is 10.1. The van der Waals surface area contributed by atoms with Gasteiger partial charge < -0.3 is 19.9 Å². The summed E-state index contributed by atoms with van der Waals surface area (Å²) < 4.78 is 7.49. The van der Waals surface area contributed by atoms with Gasteiger partial charge >= 0.3 is 0 Å². The summed E-state index contributed by atoms with van der Waals surface area (Å²) >= 11 is 0. The fourth-order valence-electron chi connectivity index (χ4n) is 3.51. The summed E-state index contributed by atoms with van der Waals surface area (Å²) in [7, 11) is 2.04. The molecule has 5 heteroatoms. The van der Waals surface area contributed by atoms with Crippen molar-refractivity contribution in [2.24, 2.45) is 12.8 Å². The number of hydrogen-bond donors (Lipinski definition) is 1. The summed E-state index contributed by atoms with van der Waals surface area (Å²) in [5, 5.41) is 0. The van der Waals surface area contributed by atoms with Gasteiger partial charge in [-0.3, -0.25) is 4.79 Å². The van der Waals surface area contributed by atoms with E-state index in [9.17, 15) is 4.79 Å². The third-order valence-corrected chi connectivity index (χ3v) is 4.82. The van der Waals surface area contributed by atoms with Crippen LogP contribution in [0.15, 0.2) is 18.3 Å². The van der Waals surface area contributed by atoms with E-state index in [1.165, 1.54) is 12.1 Å². The fourth-order valence-corrected chi connectivity index (χ4v) is 3.51. The second-order valence-electron chi connectivity index (χ2n) is 6.37. The van der Waals surface area contributed by atoms with E-state index in [1.807, 2.05) is 24.2 Å². The SMILES string of the molecule is Cn1cccc1C1CCCCCN1C(=O)C1(N)CCOC1. The third-order valence-electron chi connectivity index (χ3n) is 4.82. The molecule has 1 amide bonds. The lowest BCUT2D eigenvalue weighted by Crippen LogP contribution is -2.56. The maximum absolute atomic E-state index is 13.0. The van der Waals surface area contributed by atoms with Gasteiger partial charge in [-0.05, 0) is 31.4 Å². The number of likely N-dealkylation sites (tertiary alicyclic amines) is 1. The number of carbonyl (C=O) groups excluding carboxylic acids is 1. The Kier molecular flexibility index (Phi) is 4.04. The van der Waals surface area contributed by atoms with Crippen LogP contribution in [0.2, 0.25) is 0 Å². The topological polar surface area (TPSA) is 60.5 Å². The smallest absolute Gasteiger partial charge is 0.245 e. The molecule has 0 bridgehead atoms. The Bertz CT molecular complexity index is 505. The quantitative estimate of drug-likeness (QED) is 0.900. The zero-order chi connectivity index (χ0) is 14.9. The molecule has 5 nitrogen and oxygen atoms in total. The number of aryl methyl sites for hydroxylation is 1. The van der Waals surface area contributed by atoms with E-state index in [2.05, 4.69) is 10.6 Å². The highest BCUT2D eigenvalue weighted by atomic mass is 16.5. The van der Waals surface area contributed by atoms with Crippen LogP contribution in [-0.4, -0.2) is 40.7 Å². The molecular formula is C16H25N3O2. The van der Waals surface area contributed by atoms with E-state index in [4.69, 9.17) is 10.5 Å². The van der Waals surface area contributed by atoms with Crippen LogP contribution in [-0.2, 0) is 16.6 Å². The van der Waals surface area contributed by atoms with E-state index >= 15 is 0 Å². The monoisotopic (exact) mass is 291 g/mol. The van der Waals surface area contributed by atoms with Gasteiger partial charge in [0.25, 0.3) is 0 Å². The van der Waals surface area contributed by atoms with Gasteiger partial charge in [-0.25, -0.2) is 0 Å². The van der Waals surface area contributed by atoms with Gasteiger partial charge in [-0.2, -0.15) is 0 Å². The normalized spacial score (nSPS) is 30.4. The molecule has 2 saturated heterocycles. The highest BCUT2D eigenvalue weighted by Crippen LogP contribution is 2.33. The lowest BCUT2D eigenvalue weighted by Gasteiger charge is -2.35. The molecule has 2 fully saturated rings. The molecule has 2 unspecified atom stereocenters. The number of hydrogen-bond acceptors (Lipinski definition) is 3. The first-order valence-corrected chi connectivity index (χ1v) is 7.91. The molecule has 2 atom stereocenters. The van der Waals surface area contributed by atoms with E-state index in [-0.39, 0.29) is 11.9 Å². The van der Waals surface area contributed by atoms with E-state index in [1.54, 1.807) is 0 Å². The van der Waals surface area contributed by atoms with Gasteiger partial charge in [-0.15, -0.1) is 0 Å². The van der Waals surface area contributed by atoms with Gasteiger partial charge in [-0.1, -0.05) is 12.8 Å². The summed E-state index contributed by atoms with van der Waals surface area (Å²) in [6.07, 6.45) is 7.08. The highest BCUT2D eigenvalue weighted by molar-refractivity contribution is 5.87. The van der Waals surface area contributed by atoms with Crippen molar-refractivity contribution in [3.05, 3.63) is 24.0 Å². The first-order valence-electron chi connectivity index (χ1n) is 7.91. The molecule has 2 aliphatic rings. The molecule has 2 N–H and O–H groups in total. The Labute approximate surface area is 126 Å². The molecular weight excluding hydrogens is 266 g/mol. The third kappa shape index (κ3) is 2.72. The number of amides is 1. The Balaban J connectivity index is 1.88. The second-order valence-corrected chi connectivity index (χ2v) is 6.37. The molecule has 2 aliphatic heterocycles. The Morgan fingerprint density at radius 3 is 2.95 bits per heavy atom. The lowest BCUT2D eigenvalue weighted by molar-refractivity contribution is -0.139. The molecule has 0 radical (unpaired) electrons. The Hall–Kier alpha value is -1.33. The minimum Gasteiger partial charge on any atom is -0.379 e. The van der Waals surface area contributed by atoms with Crippen LogP contribution in [0.3, 0.4) is 0 Å². The highest BCUT2D eigenvalue weighted by Gasteiger charge is 2.43. The van der Waals surface area contributed by atoms with Gasteiger partial charge in [0, 0.05) is 32.1 Å². The number of carbonyl (C=O) groups is 1. The zero-order valence-electron chi connectivity index (χ0n) is 12.8. The zero-order valence-corrected chi connectivity index (χ0v) is 12.8. The van der Waals surface area contributed by atoms with Crippen LogP contribution in [0.4, 0.5) is 0 Å². The molecule has 0 saturated carbocycles. The lowest BCUT2D eigenvalue weighted by atomic mass is 9.96. The van der Waals surface area contributed by atoms with Crippen LogP contribution in [0.25, 0.3) is 0 Å². The van der Waals surface area contributed by atoms with Gasteiger partial charge in [0.15, 0.2) is 0 Å². The van der Waals surface area contributed by atoms with Crippen LogP contribution in [0.5, 0.6) is 0 Å². The minimum absolute atomic E-state index is 0.0631. The van der Waals surface area contributed by atoms with Crippen LogP contribution in [0.1, 0.15) is 43.8 Å². The van der Waals surface area contributed by atoms with Crippen molar-refractivity contribution in [3.8, 4) is 0 Å². The molecule has 3 rings (SSSR count). The molecule has 21 heavy (non-hydrogen) atoms. The first kappa shape index (κ1) is 14.6. The second kappa shape index (κ2) is 5.81. The molecule has 116 valence electrons. The van der Waals surface area contributed by atoms with Crippen molar-refractivity contribution in [1.82, 2.24) is 9.47 Å². The van der Waals surface area contributed by atoms with E-state index in [0.717, 1.165) is 25.8 Å². The molecule has 0 aromatic carbocycles. The molecule has 3 heterocycles. The van der Waals surface area contributed by atoms with E-state index in [0.29, 0.717) is 19.6 Å². The summed E-state index contributed by atoms with van der Waals surface area (Å²) in [5.41, 5.74) is 6.69. The number of aromatic nitrogens is 1. The maximum atomic E-state index is 13.0. The van der Waals surface area contributed by atoms with Crippen LogP contribution < -0.4 is 5.73 Å². The van der Waals surface area contributed by atoms with Crippen molar-refractivity contribution >= 4 is 5.91 Å². The molecule has 0 aliphatic carbocycles. The predicted octanol–water partition coefficient (Wildman–Crippen LogP) is 1.59. The standard InChI is InChI=1S/C16H25N3O2/c1-18-9-5-7-13(18)14-6-3-2-4-10-19(14)15(20)16(17)8-11-21-12-16/h5,7,9,14H,2-4,6,8,10-12,17H2,1H3. The summed E-state index contributed by atoms with van der Waals surface area (Å²) in [5.74, 6) is 0.0631. The number of rotatable bonds is 2. The Morgan fingerprint density at radius 1 is 1.43 bits per heavy atom. The van der Waals surface area contributed by atoms with Gasteiger partial charge in [0.2, 0.25) is 5.91 Å². The molecule has 0 spiro atoms. The minimum atomic E-state index is -0.826. The number of nitrogens with zero attached hydrogens (tertiary/aromatic N) is 2. The maximum Gasteiger partial charge on any atom is 0.245 e. The number of nitrogens with two attached hydrogens (primary N) is 1. The van der Waals surface area contributed by atoms with Gasteiger partial charge in [0.05, 0.1) is 12.6 Å².